The highest BCUT2D eigenvalue weighted by Gasteiger charge is 2.15. The molecule has 0 fully saturated rings. The van der Waals surface area contributed by atoms with Crippen molar-refractivity contribution in [3.63, 3.8) is 0 Å². The van der Waals surface area contributed by atoms with E-state index in [0.29, 0.717) is 0 Å². The van der Waals surface area contributed by atoms with Crippen molar-refractivity contribution in [2.24, 2.45) is 0 Å². The second-order valence-corrected chi connectivity index (χ2v) is 4.87. The van der Waals surface area contributed by atoms with E-state index in [4.69, 9.17) is 0 Å². The predicted molar refractivity (Wildman–Crippen MR) is 75.3 cm³/mol. The minimum Gasteiger partial charge on any atom is -0.309 e. The fraction of sp³-hybridized carbons (Fsp3) is 0.500. The number of aryl methyl sites for hydroxylation is 1. The summed E-state index contributed by atoms with van der Waals surface area (Å²) in [6.45, 7) is 9.32. The first-order chi connectivity index (χ1) is 9.13. The molecule has 5 heteroatoms. The van der Waals surface area contributed by atoms with Crippen LogP contribution in [-0.2, 0) is 0 Å². The van der Waals surface area contributed by atoms with Crippen molar-refractivity contribution < 1.29 is 0 Å². The van der Waals surface area contributed by atoms with E-state index in [1.54, 1.807) is 0 Å². The lowest BCUT2D eigenvalue weighted by Crippen LogP contribution is -2.20. The van der Waals surface area contributed by atoms with Crippen LogP contribution in [-0.4, -0.2) is 26.5 Å². The molecule has 0 saturated heterocycles. The van der Waals surface area contributed by atoms with Gasteiger partial charge in [-0.2, -0.15) is 0 Å². The predicted octanol–water partition coefficient (Wildman–Crippen LogP) is 2.34. The van der Waals surface area contributed by atoms with E-state index >= 15 is 0 Å². The van der Waals surface area contributed by atoms with Gasteiger partial charge in [-0.1, -0.05) is 12.1 Å². The Balaban J connectivity index is 2.27. The van der Waals surface area contributed by atoms with E-state index < -0.39 is 0 Å². The molecule has 0 aromatic carbocycles. The third kappa shape index (κ3) is 2.98. The third-order valence-electron chi connectivity index (χ3n) is 3.15. The molecule has 2 aromatic heterocycles. The van der Waals surface area contributed by atoms with Gasteiger partial charge in [-0.15, -0.1) is 5.10 Å². The number of nitrogens with zero attached hydrogens (tertiary/aromatic N) is 4. The number of nitrogens with one attached hydrogen (secondary N) is 1. The van der Waals surface area contributed by atoms with Crippen LogP contribution in [0.25, 0.3) is 5.69 Å². The van der Waals surface area contributed by atoms with Gasteiger partial charge < -0.3 is 5.32 Å². The molecule has 0 aliphatic heterocycles. The highest BCUT2D eigenvalue weighted by molar-refractivity contribution is 5.33. The van der Waals surface area contributed by atoms with Gasteiger partial charge in [0.25, 0.3) is 0 Å². The second-order valence-electron chi connectivity index (χ2n) is 4.87. The smallest absolute Gasteiger partial charge is 0.103 e. The van der Waals surface area contributed by atoms with Crippen molar-refractivity contribution in [1.82, 2.24) is 25.3 Å². The molecule has 0 bridgehead atoms. The zero-order valence-electron chi connectivity index (χ0n) is 12.0. The first-order valence-corrected chi connectivity index (χ1v) is 6.71. The van der Waals surface area contributed by atoms with E-state index in [1.807, 2.05) is 30.9 Å². The molecule has 2 heterocycles. The summed E-state index contributed by atoms with van der Waals surface area (Å²) in [7, 11) is 0. The van der Waals surface area contributed by atoms with Crippen LogP contribution in [0.4, 0.5) is 0 Å². The third-order valence-corrected chi connectivity index (χ3v) is 3.15. The fourth-order valence-electron chi connectivity index (χ4n) is 2.10. The van der Waals surface area contributed by atoms with Gasteiger partial charge >= 0.3 is 0 Å². The lowest BCUT2D eigenvalue weighted by molar-refractivity contribution is 0.555. The monoisotopic (exact) mass is 259 g/mol. The molecule has 0 aliphatic carbocycles. The Labute approximate surface area is 114 Å². The molecule has 0 spiro atoms. The summed E-state index contributed by atoms with van der Waals surface area (Å²) in [6, 6.07) is 2.27. The minimum absolute atomic E-state index is 0.214. The molecule has 1 N–H and O–H groups in total. The first kappa shape index (κ1) is 13.7. The number of aromatic nitrogens is 4. The van der Waals surface area contributed by atoms with Gasteiger partial charge in [0.05, 0.1) is 23.6 Å². The average molecular weight is 259 g/mol. The summed E-state index contributed by atoms with van der Waals surface area (Å²) in [6.07, 6.45) is 4.75. The van der Waals surface area contributed by atoms with E-state index in [-0.39, 0.29) is 6.04 Å². The van der Waals surface area contributed by atoms with Crippen molar-refractivity contribution >= 4 is 0 Å². The van der Waals surface area contributed by atoms with Crippen LogP contribution in [0.2, 0.25) is 0 Å². The molecule has 0 saturated carbocycles. The molecule has 19 heavy (non-hydrogen) atoms. The van der Waals surface area contributed by atoms with Crippen LogP contribution in [0.15, 0.2) is 18.5 Å². The molecule has 102 valence electrons. The lowest BCUT2D eigenvalue weighted by Gasteiger charge is -2.11. The number of pyridine rings is 1. The highest BCUT2D eigenvalue weighted by atomic mass is 15.4. The second kappa shape index (κ2) is 5.93. The minimum atomic E-state index is 0.214. The quantitative estimate of drug-likeness (QED) is 0.895. The van der Waals surface area contributed by atoms with Crippen molar-refractivity contribution in [2.75, 3.05) is 6.54 Å². The van der Waals surface area contributed by atoms with Crippen LogP contribution in [0.1, 0.15) is 43.3 Å². The Morgan fingerprint density at radius 3 is 2.79 bits per heavy atom. The Bertz CT molecular complexity index is 547. The maximum absolute atomic E-state index is 4.30. The normalized spacial score (nSPS) is 12.6. The molecule has 2 rings (SSSR count). The van der Waals surface area contributed by atoms with Crippen LogP contribution in [0.5, 0.6) is 0 Å². The Kier molecular flexibility index (Phi) is 4.27. The van der Waals surface area contributed by atoms with Gasteiger partial charge in [-0.25, -0.2) is 4.68 Å². The molecule has 1 unspecified atom stereocenters. The zero-order chi connectivity index (χ0) is 13.8. The van der Waals surface area contributed by atoms with E-state index in [9.17, 15) is 0 Å². The SMILES string of the molecule is CCCNC(C)c1nnn(-c2cncc(C)c2)c1C. The summed E-state index contributed by atoms with van der Waals surface area (Å²) in [5, 5.41) is 12.0. The van der Waals surface area contributed by atoms with Gasteiger partial charge in [0.2, 0.25) is 0 Å². The molecular formula is C14H21N5. The van der Waals surface area contributed by atoms with Crippen LogP contribution in [0.3, 0.4) is 0 Å². The first-order valence-electron chi connectivity index (χ1n) is 6.71. The lowest BCUT2D eigenvalue weighted by atomic mass is 10.2. The molecule has 1 atom stereocenters. The van der Waals surface area contributed by atoms with Crippen LogP contribution >= 0.6 is 0 Å². The van der Waals surface area contributed by atoms with Crippen molar-refractivity contribution in [2.45, 2.75) is 40.2 Å². The number of rotatable bonds is 5. The highest BCUT2D eigenvalue weighted by Crippen LogP contribution is 2.17. The molecular weight excluding hydrogens is 238 g/mol. The van der Waals surface area contributed by atoms with Gasteiger partial charge in [-0.05, 0) is 45.4 Å². The van der Waals surface area contributed by atoms with Crippen molar-refractivity contribution in [3.8, 4) is 5.69 Å². The molecule has 2 aromatic rings. The Morgan fingerprint density at radius 1 is 1.32 bits per heavy atom. The number of hydrogen-bond donors (Lipinski definition) is 1. The zero-order valence-corrected chi connectivity index (χ0v) is 12.0. The molecule has 0 amide bonds. The maximum Gasteiger partial charge on any atom is 0.103 e. The van der Waals surface area contributed by atoms with Gasteiger partial charge in [0.1, 0.15) is 5.69 Å². The maximum atomic E-state index is 4.30. The summed E-state index contributed by atoms with van der Waals surface area (Å²) in [4.78, 5) is 4.20. The summed E-state index contributed by atoms with van der Waals surface area (Å²) in [5.41, 5.74) is 4.13. The van der Waals surface area contributed by atoms with Crippen LogP contribution in [0, 0.1) is 13.8 Å². The number of hydrogen-bond acceptors (Lipinski definition) is 4. The van der Waals surface area contributed by atoms with E-state index in [0.717, 1.165) is 35.6 Å². The van der Waals surface area contributed by atoms with Crippen molar-refractivity contribution in [1.29, 1.82) is 0 Å². The largest absolute Gasteiger partial charge is 0.309 e. The van der Waals surface area contributed by atoms with Crippen LogP contribution < -0.4 is 5.32 Å². The Morgan fingerprint density at radius 2 is 2.11 bits per heavy atom. The fourth-order valence-corrected chi connectivity index (χ4v) is 2.10. The molecule has 5 nitrogen and oxygen atoms in total. The summed E-state index contributed by atoms with van der Waals surface area (Å²) >= 11 is 0. The standard InChI is InChI=1S/C14H21N5/c1-5-6-16-11(3)14-12(4)19(18-17-14)13-7-10(2)8-15-9-13/h7-9,11,16H,5-6H2,1-4H3. The van der Waals surface area contributed by atoms with E-state index in [2.05, 4.69) is 40.5 Å². The molecule has 0 radical (unpaired) electrons. The molecule has 0 aliphatic rings. The summed E-state index contributed by atoms with van der Waals surface area (Å²) < 4.78 is 1.85. The van der Waals surface area contributed by atoms with Crippen molar-refractivity contribution in [3.05, 3.63) is 35.4 Å². The Hall–Kier alpha value is -1.75. The topological polar surface area (TPSA) is 55.6 Å². The van der Waals surface area contributed by atoms with Gasteiger partial charge in [-0.3, -0.25) is 4.98 Å². The summed E-state index contributed by atoms with van der Waals surface area (Å²) in [5.74, 6) is 0. The van der Waals surface area contributed by atoms with E-state index in [1.165, 1.54) is 0 Å². The van der Waals surface area contributed by atoms with Gasteiger partial charge in [0.15, 0.2) is 0 Å². The average Bonchev–Trinajstić information content (AvgIpc) is 2.78. The van der Waals surface area contributed by atoms with Gasteiger partial charge in [0, 0.05) is 6.20 Å².